The molecule has 2 aliphatic rings. The van der Waals surface area contributed by atoms with E-state index < -0.39 is 15.1 Å². The van der Waals surface area contributed by atoms with Gasteiger partial charge in [-0.15, -0.1) is 0 Å². The van der Waals surface area contributed by atoms with Crippen molar-refractivity contribution in [2.45, 2.75) is 88.4 Å². The van der Waals surface area contributed by atoms with Crippen LogP contribution in [0, 0.1) is 17.8 Å². The molecular weight excluding hydrogens is 391 g/mol. The minimum atomic E-state index is -9.56. The first-order valence-corrected chi connectivity index (χ1v) is 12.8. The maximum Gasteiger partial charge on any atom is 0.310 e. The van der Waals surface area contributed by atoms with Crippen LogP contribution in [0.4, 0.5) is 19.4 Å². The SMILES string of the molecule is CCCC[C@H]1CC[C@H]([C@H]2CC[C@H](c3ccc(S(F)(F)(F)(F)F)cc3)CC2)CC1. The molecule has 0 spiro atoms. The zero-order valence-electron chi connectivity index (χ0n) is 16.7. The Bertz CT molecular complexity index is 636. The molecule has 0 amide bonds. The van der Waals surface area contributed by atoms with Crippen molar-refractivity contribution >= 4 is 10.2 Å². The molecular formula is C22H33F5S. The Morgan fingerprint density at radius 1 is 0.750 bits per heavy atom. The second kappa shape index (κ2) is 7.48. The summed E-state index contributed by atoms with van der Waals surface area (Å²) in [6.07, 6.45) is 13.4. The van der Waals surface area contributed by atoms with Crippen LogP contribution >= 0.6 is 10.2 Å². The van der Waals surface area contributed by atoms with Gasteiger partial charge in [0.05, 0.1) is 0 Å². The molecule has 3 rings (SSSR count). The Kier molecular flexibility index (Phi) is 5.85. The van der Waals surface area contributed by atoms with Gasteiger partial charge in [-0.05, 0) is 79.9 Å². The van der Waals surface area contributed by atoms with Crippen LogP contribution in [0.1, 0.15) is 89.0 Å². The van der Waals surface area contributed by atoms with Crippen LogP contribution in [-0.4, -0.2) is 0 Å². The maximum absolute atomic E-state index is 12.9. The van der Waals surface area contributed by atoms with E-state index in [0.717, 1.165) is 49.0 Å². The van der Waals surface area contributed by atoms with Crippen molar-refractivity contribution in [2.24, 2.45) is 17.8 Å². The van der Waals surface area contributed by atoms with E-state index in [1.807, 2.05) is 0 Å². The third-order valence-electron chi connectivity index (χ3n) is 7.09. The summed E-state index contributed by atoms with van der Waals surface area (Å²) in [4.78, 5) is -1.78. The molecule has 0 N–H and O–H groups in total. The van der Waals surface area contributed by atoms with E-state index >= 15 is 0 Å². The van der Waals surface area contributed by atoms with E-state index in [1.54, 1.807) is 0 Å². The molecule has 28 heavy (non-hydrogen) atoms. The molecule has 0 atom stereocenters. The number of benzene rings is 1. The quantitative estimate of drug-likeness (QED) is 0.399. The smallest absolute Gasteiger partial charge is 0.0936 e. The number of rotatable bonds is 6. The first-order chi connectivity index (χ1) is 13.0. The predicted molar refractivity (Wildman–Crippen MR) is 108 cm³/mol. The van der Waals surface area contributed by atoms with Crippen molar-refractivity contribution in [3.8, 4) is 0 Å². The fraction of sp³-hybridized carbons (Fsp3) is 0.727. The zero-order chi connectivity index (χ0) is 20.5. The number of hydrogen-bond acceptors (Lipinski definition) is 0. The lowest BCUT2D eigenvalue weighted by molar-refractivity contribution is 0.156. The van der Waals surface area contributed by atoms with Gasteiger partial charge < -0.3 is 0 Å². The Labute approximate surface area is 166 Å². The van der Waals surface area contributed by atoms with Crippen LogP contribution in [0.3, 0.4) is 0 Å². The summed E-state index contributed by atoms with van der Waals surface area (Å²) in [7, 11) is -9.56. The monoisotopic (exact) mass is 424 g/mol. The van der Waals surface area contributed by atoms with Gasteiger partial charge >= 0.3 is 10.2 Å². The van der Waals surface area contributed by atoms with Crippen LogP contribution in [0.15, 0.2) is 29.2 Å². The van der Waals surface area contributed by atoms with Crippen LogP contribution in [0.5, 0.6) is 0 Å². The topological polar surface area (TPSA) is 0 Å². The van der Waals surface area contributed by atoms with Gasteiger partial charge in [-0.2, -0.15) is 0 Å². The molecule has 1 aromatic rings. The van der Waals surface area contributed by atoms with Gasteiger partial charge in [0.2, 0.25) is 0 Å². The largest absolute Gasteiger partial charge is 0.310 e. The molecule has 0 bridgehead atoms. The lowest BCUT2D eigenvalue weighted by Crippen LogP contribution is -2.25. The molecule has 1 aromatic carbocycles. The summed E-state index contributed by atoms with van der Waals surface area (Å²) < 4.78 is 64.4. The normalized spacial score (nSPS) is 31.8. The second-order valence-electron chi connectivity index (χ2n) is 9.07. The minimum absolute atomic E-state index is 0.199. The molecule has 2 saturated carbocycles. The maximum atomic E-state index is 12.9. The molecule has 0 heterocycles. The molecule has 0 aromatic heterocycles. The zero-order valence-corrected chi connectivity index (χ0v) is 17.5. The Hall–Kier alpha value is -0.780. The van der Waals surface area contributed by atoms with Crippen molar-refractivity contribution in [2.75, 3.05) is 0 Å². The average molecular weight is 425 g/mol. The van der Waals surface area contributed by atoms with E-state index in [9.17, 15) is 19.4 Å². The fourth-order valence-electron chi connectivity index (χ4n) is 5.36. The van der Waals surface area contributed by atoms with Crippen molar-refractivity contribution in [1.82, 2.24) is 0 Å². The molecule has 162 valence electrons. The predicted octanol–water partition coefficient (Wildman–Crippen LogP) is 9.61. The average Bonchev–Trinajstić information content (AvgIpc) is 2.65. The molecule has 6 heteroatoms. The fourth-order valence-corrected chi connectivity index (χ4v) is 6.01. The standard InChI is InChI=1S/C22H33F5S/c1-2-3-4-17-5-7-18(8-6-17)19-9-11-20(12-10-19)21-13-15-22(16-14-21)28(23,24,25,26)27/h13-20H,2-12H2,1H3/t17-,18-,19-,20-. The summed E-state index contributed by atoms with van der Waals surface area (Å²) in [5.41, 5.74) is 0.771. The first kappa shape index (κ1) is 21.9. The van der Waals surface area contributed by atoms with Gasteiger partial charge in [0.15, 0.2) is 0 Å². The van der Waals surface area contributed by atoms with Gasteiger partial charge in [0.1, 0.15) is 4.90 Å². The van der Waals surface area contributed by atoms with E-state index in [-0.39, 0.29) is 5.92 Å². The molecule has 0 unspecified atom stereocenters. The highest BCUT2D eigenvalue weighted by Crippen LogP contribution is 3.02. The highest BCUT2D eigenvalue weighted by molar-refractivity contribution is 8.45. The van der Waals surface area contributed by atoms with Gasteiger partial charge in [0, 0.05) is 0 Å². The number of halogens is 5. The number of hydrogen-bond donors (Lipinski definition) is 0. The van der Waals surface area contributed by atoms with Crippen molar-refractivity contribution in [3.63, 3.8) is 0 Å². The number of unbranched alkanes of at least 4 members (excludes halogenated alkanes) is 1. The third kappa shape index (κ3) is 5.64. The molecule has 2 fully saturated rings. The van der Waals surface area contributed by atoms with E-state index in [4.69, 9.17) is 0 Å². The van der Waals surface area contributed by atoms with E-state index in [0.29, 0.717) is 12.1 Å². The van der Waals surface area contributed by atoms with Crippen LogP contribution in [0.2, 0.25) is 0 Å². The van der Waals surface area contributed by atoms with Crippen molar-refractivity contribution < 1.29 is 19.4 Å². The van der Waals surface area contributed by atoms with Crippen LogP contribution in [-0.2, 0) is 0 Å². The van der Waals surface area contributed by atoms with Crippen molar-refractivity contribution in [3.05, 3.63) is 29.8 Å². The summed E-state index contributed by atoms with van der Waals surface area (Å²) in [6, 6.07) is 3.66. The van der Waals surface area contributed by atoms with Crippen LogP contribution in [0.25, 0.3) is 0 Å². The van der Waals surface area contributed by atoms with Gasteiger partial charge in [-0.3, -0.25) is 0 Å². The lowest BCUT2D eigenvalue weighted by atomic mass is 9.68. The minimum Gasteiger partial charge on any atom is -0.0936 e. The lowest BCUT2D eigenvalue weighted by Gasteiger charge is -2.41. The first-order valence-electron chi connectivity index (χ1n) is 10.8. The summed E-state index contributed by atoms with van der Waals surface area (Å²) >= 11 is 0. The third-order valence-corrected chi connectivity index (χ3v) is 8.26. The molecule has 0 nitrogen and oxygen atoms in total. The van der Waals surface area contributed by atoms with E-state index in [1.165, 1.54) is 57.1 Å². The molecule has 0 saturated heterocycles. The van der Waals surface area contributed by atoms with Gasteiger partial charge in [-0.25, -0.2) is 0 Å². The Balaban J connectivity index is 1.51. The highest BCUT2D eigenvalue weighted by atomic mass is 32.5. The molecule has 0 radical (unpaired) electrons. The second-order valence-corrected chi connectivity index (χ2v) is 11.5. The highest BCUT2D eigenvalue weighted by Gasteiger charge is 2.65. The van der Waals surface area contributed by atoms with Crippen molar-refractivity contribution in [1.29, 1.82) is 0 Å². The van der Waals surface area contributed by atoms with Crippen LogP contribution < -0.4 is 0 Å². The summed E-state index contributed by atoms with van der Waals surface area (Å²) in [6.45, 7) is 2.24. The van der Waals surface area contributed by atoms with E-state index in [2.05, 4.69) is 6.92 Å². The van der Waals surface area contributed by atoms with Gasteiger partial charge in [0.25, 0.3) is 0 Å². The Morgan fingerprint density at radius 2 is 1.25 bits per heavy atom. The summed E-state index contributed by atoms with van der Waals surface area (Å²) in [5, 5.41) is 0. The Morgan fingerprint density at radius 3 is 1.71 bits per heavy atom. The van der Waals surface area contributed by atoms with Gasteiger partial charge in [-0.1, -0.05) is 70.6 Å². The molecule has 2 aliphatic carbocycles. The summed E-state index contributed by atoms with van der Waals surface area (Å²) in [5.74, 6) is 2.63. The molecule has 0 aliphatic heterocycles.